The van der Waals surface area contributed by atoms with Crippen molar-refractivity contribution in [2.75, 3.05) is 9.80 Å². The minimum absolute atomic E-state index is 0.0285. The van der Waals surface area contributed by atoms with Crippen molar-refractivity contribution < 1.29 is 0 Å². The lowest BCUT2D eigenvalue weighted by Gasteiger charge is -2.39. The maximum Gasteiger partial charge on any atom is 0.112 e. The molecule has 70 heavy (non-hydrogen) atoms. The van der Waals surface area contributed by atoms with Gasteiger partial charge in [0.05, 0.1) is 24.2 Å². The van der Waals surface area contributed by atoms with E-state index >= 15 is 0 Å². The molecule has 3 saturated carbocycles. The molecule has 0 unspecified atom stereocenters. The van der Waals surface area contributed by atoms with Gasteiger partial charge >= 0.3 is 0 Å². The topological polar surface area (TPSA) is 6.48 Å². The van der Waals surface area contributed by atoms with E-state index in [4.69, 9.17) is 0 Å². The van der Waals surface area contributed by atoms with Crippen molar-refractivity contribution in [3.05, 3.63) is 187 Å². The van der Waals surface area contributed by atoms with Crippen LogP contribution in [-0.4, -0.2) is 32.3 Å². The lowest BCUT2D eigenvalue weighted by atomic mass is 9.65. The van der Waals surface area contributed by atoms with Crippen molar-refractivity contribution in [2.45, 2.75) is 140 Å². The van der Waals surface area contributed by atoms with Gasteiger partial charge in [0.15, 0.2) is 0 Å². The number of hydrogen-bond donors (Lipinski definition) is 0. The summed E-state index contributed by atoms with van der Waals surface area (Å²) in [5.74, 6) is 0. The van der Waals surface area contributed by atoms with Crippen LogP contribution in [0, 0.1) is 0 Å². The van der Waals surface area contributed by atoms with Crippen molar-refractivity contribution >= 4 is 92.4 Å². The van der Waals surface area contributed by atoms with Crippen LogP contribution in [0.5, 0.6) is 0 Å². The average molecular weight is 988 g/mol. The second kappa shape index (κ2) is 19.2. The van der Waals surface area contributed by atoms with Crippen LogP contribution in [0.1, 0.15) is 75.3 Å². The van der Waals surface area contributed by atoms with Crippen LogP contribution in [0.15, 0.2) is 176 Å². The van der Waals surface area contributed by atoms with Gasteiger partial charge in [0, 0.05) is 39.5 Å². The van der Waals surface area contributed by atoms with Gasteiger partial charge in [-0.25, -0.2) is 0 Å². The first-order chi connectivity index (χ1) is 33.6. The second-order valence-corrected chi connectivity index (χ2v) is 43.3. The van der Waals surface area contributed by atoms with Gasteiger partial charge in [-0.2, -0.15) is 0 Å². The van der Waals surface area contributed by atoms with Gasteiger partial charge in [0.25, 0.3) is 0 Å². The fourth-order valence-corrected chi connectivity index (χ4v) is 22.3. The molecule has 360 valence electrons. The zero-order chi connectivity index (χ0) is 48.9. The molecule has 3 aliphatic carbocycles. The van der Waals surface area contributed by atoms with Crippen LogP contribution >= 0.6 is 0 Å². The predicted octanol–water partition coefficient (Wildman–Crippen LogP) is 15.8. The predicted molar refractivity (Wildman–Crippen MR) is 317 cm³/mol. The average Bonchev–Trinajstić information content (AvgIpc) is 4.22. The highest BCUT2D eigenvalue weighted by atomic mass is 28.3. The Morgan fingerprint density at radius 1 is 0.329 bits per heavy atom. The molecule has 0 atom stereocenters. The highest BCUT2D eigenvalue weighted by Gasteiger charge is 2.41. The first-order valence-corrected chi connectivity index (χ1v) is 39.5. The normalized spacial score (nSPS) is 16.6. The van der Waals surface area contributed by atoms with Crippen LogP contribution in [0.3, 0.4) is 0 Å². The molecule has 0 amide bonds. The minimum atomic E-state index is -1.85. The van der Waals surface area contributed by atoms with E-state index in [0.717, 1.165) is 11.1 Å². The van der Waals surface area contributed by atoms with E-state index in [1.807, 2.05) is 0 Å². The summed E-state index contributed by atoms with van der Waals surface area (Å²) in [6, 6.07) is 69.2. The maximum absolute atomic E-state index is 2.59. The molecule has 0 N–H and O–H groups in total. The summed E-state index contributed by atoms with van der Waals surface area (Å²) >= 11 is 0. The molecule has 0 bridgehead atoms. The monoisotopic (exact) mass is 987 g/mol. The highest BCUT2D eigenvalue weighted by Crippen LogP contribution is 2.48. The van der Waals surface area contributed by atoms with E-state index in [2.05, 4.69) is 245 Å². The van der Waals surface area contributed by atoms with Gasteiger partial charge in [0.2, 0.25) is 0 Å². The number of anilines is 6. The Morgan fingerprint density at radius 3 is 1.00 bits per heavy atom. The summed E-state index contributed by atoms with van der Waals surface area (Å²) in [4.78, 5) is 4.99. The molecule has 0 heterocycles. The molecule has 2 nitrogen and oxygen atoms in total. The standard InChI is InChI=1S/C64H78N2Si4/c1-67(2,3)57-37-29-53(30-38-57)65(54-33-41-61(42-34-54)69(6,7)59-19-16-20-59)51-25-21-49(22-26-51)64(47-14-11-15-48-64)50-23-27-52(28-24-50)66(56-35-43-62(44-36-56)70(8,9)63-45-46-63)55-31-39-60(40-32-55)68(4,5)58-17-12-10-13-18-58/h10,12-13,17-18,21-44,59,63H,11,14-16,19-20,45-48H2,1-9H3. The van der Waals surface area contributed by atoms with Crippen molar-refractivity contribution in [2.24, 2.45) is 0 Å². The first-order valence-electron chi connectivity index (χ1n) is 26.8. The van der Waals surface area contributed by atoms with Crippen LogP contribution < -0.4 is 35.7 Å². The highest BCUT2D eigenvalue weighted by molar-refractivity contribution is 7.00. The van der Waals surface area contributed by atoms with E-state index in [-0.39, 0.29) is 5.41 Å². The second-order valence-electron chi connectivity index (χ2n) is 24.2. The summed E-state index contributed by atoms with van der Waals surface area (Å²) in [6.07, 6.45) is 13.2. The molecule has 7 aromatic carbocycles. The first kappa shape index (κ1) is 48.6. The largest absolute Gasteiger partial charge is 0.311 e. The third-order valence-electron chi connectivity index (χ3n) is 17.9. The van der Waals surface area contributed by atoms with Gasteiger partial charge in [-0.15, -0.1) is 0 Å². The summed E-state index contributed by atoms with van der Waals surface area (Å²) < 4.78 is 0. The Kier molecular flexibility index (Phi) is 13.3. The fraction of sp³-hybridized carbons (Fsp3) is 0.344. The molecule has 6 heteroatoms. The van der Waals surface area contributed by atoms with Crippen LogP contribution in [0.4, 0.5) is 34.1 Å². The van der Waals surface area contributed by atoms with Crippen molar-refractivity contribution in [3.63, 3.8) is 0 Å². The number of rotatable bonds is 15. The molecule has 0 saturated heterocycles. The molecule has 0 aromatic heterocycles. The van der Waals surface area contributed by atoms with Crippen LogP contribution in [0.25, 0.3) is 0 Å². The lowest BCUT2D eigenvalue weighted by molar-refractivity contribution is 0.346. The molecular weight excluding hydrogens is 909 g/mol. The zero-order valence-corrected chi connectivity index (χ0v) is 47.9. The van der Waals surface area contributed by atoms with Crippen LogP contribution in [0.2, 0.25) is 70.0 Å². The van der Waals surface area contributed by atoms with Crippen molar-refractivity contribution in [1.29, 1.82) is 0 Å². The molecule has 0 radical (unpaired) electrons. The molecular formula is C64H78N2Si4. The molecule has 3 aliphatic rings. The van der Waals surface area contributed by atoms with E-state index < -0.39 is 32.3 Å². The Morgan fingerprint density at radius 2 is 0.657 bits per heavy atom. The SMILES string of the molecule is C[Si](C)(C)c1ccc(N(c2ccc(C3(c4ccc(N(c5ccc([Si](C)(C)c6ccccc6)cc5)c5ccc([Si](C)(C)C6CC6)cc5)cc4)CCCCC3)cc2)c2ccc([Si](C)(C)C3CCC3)cc2)cc1. The Bertz CT molecular complexity index is 2850. The Balaban J connectivity index is 0.987. The quantitative estimate of drug-likeness (QED) is 0.0945. The Hall–Kier alpha value is -4.99. The lowest BCUT2D eigenvalue weighted by Crippen LogP contribution is -2.52. The Labute approximate surface area is 426 Å². The van der Waals surface area contributed by atoms with Gasteiger partial charge in [-0.1, -0.05) is 239 Å². The number of nitrogens with zero attached hydrogens (tertiary/aromatic N) is 2. The molecule has 10 rings (SSSR count). The zero-order valence-electron chi connectivity index (χ0n) is 43.9. The maximum atomic E-state index is 2.59. The third kappa shape index (κ3) is 9.46. The van der Waals surface area contributed by atoms with E-state index in [1.165, 1.54) is 125 Å². The van der Waals surface area contributed by atoms with Gasteiger partial charge in [-0.3, -0.25) is 0 Å². The van der Waals surface area contributed by atoms with E-state index in [0.29, 0.717) is 0 Å². The number of benzene rings is 7. The van der Waals surface area contributed by atoms with Crippen molar-refractivity contribution in [3.8, 4) is 0 Å². The number of hydrogen-bond acceptors (Lipinski definition) is 2. The summed E-state index contributed by atoms with van der Waals surface area (Å²) in [5.41, 5.74) is 12.0. The molecule has 0 spiro atoms. The molecule has 0 aliphatic heterocycles. The van der Waals surface area contributed by atoms with Crippen molar-refractivity contribution in [1.82, 2.24) is 0 Å². The van der Waals surface area contributed by atoms with E-state index in [9.17, 15) is 0 Å². The fourth-order valence-electron chi connectivity index (χ4n) is 12.3. The summed E-state index contributed by atoms with van der Waals surface area (Å²) in [5, 5.41) is 7.60. The molecule has 3 fully saturated rings. The van der Waals surface area contributed by atoms with Crippen LogP contribution in [-0.2, 0) is 5.41 Å². The summed E-state index contributed by atoms with van der Waals surface area (Å²) in [6.45, 7) is 22.6. The molecule has 7 aromatic rings. The minimum Gasteiger partial charge on any atom is -0.311 e. The van der Waals surface area contributed by atoms with Gasteiger partial charge in [0.1, 0.15) is 8.07 Å². The van der Waals surface area contributed by atoms with E-state index in [1.54, 1.807) is 10.4 Å². The smallest absolute Gasteiger partial charge is 0.112 e. The van der Waals surface area contributed by atoms with Gasteiger partial charge < -0.3 is 9.80 Å². The summed E-state index contributed by atoms with van der Waals surface area (Å²) in [7, 11) is -6.26. The van der Waals surface area contributed by atoms with Gasteiger partial charge in [-0.05, 0) is 108 Å². The third-order valence-corrected chi connectivity index (χ3v) is 32.4.